The Bertz CT molecular complexity index is 815. The van der Waals surface area contributed by atoms with Crippen molar-refractivity contribution in [3.8, 4) is 0 Å². The molecule has 1 aliphatic carbocycles. The Balaban J connectivity index is 2.01. The van der Waals surface area contributed by atoms with Crippen LogP contribution in [0.4, 0.5) is 0 Å². The fourth-order valence-electron chi connectivity index (χ4n) is 2.79. The van der Waals surface area contributed by atoms with Gasteiger partial charge in [0.25, 0.3) is 0 Å². The minimum absolute atomic E-state index is 0.653. The Hall–Kier alpha value is -2.36. The molecule has 1 aromatic carbocycles. The van der Waals surface area contributed by atoms with Crippen molar-refractivity contribution in [2.45, 2.75) is 18.3 Å². The van der Waals surface area contributed by atoms with Gasteiger partial charge in [0.05, 0.1) is 5.41 Å². The summed E-state index contributed by atoms with van der Waals surface area (Å²) in [7, 11) is 0. The SMILES string of the molecule is O=C(O)C1(c2ccc3[nH]c4ccncc4c3c2)CC1. The maximum absolute atomic E-state index is 11.4. The van der Waals surface area contributed by atoms with Crippen molar-refractivity contribution in [3.63, 3.8) is 0 Å². The van der Waals surface area contributed by atoms with E-state index in [0.29, 0.717) is 0 Å². The summed E-state index contributed by atoms with van der Waals surface area (Å²) in [6, 6.07) is 7.82. The Morgan fingerprint density at radius 2 is 2.00 bits per heavy atom. The molecule has 0 atom stereocenters. The molecule has 2 aromatic heterocycles. The zero-order valence-electron chi connectivity index (χ0n) is 10.2. The summed E-state index contributed by atoms with van der Waals surface area (Å²) >= 11 is 0. The Labute approximate surface area is 109 Å². The van der Waals surface area contributed by atoms with E-state index in [1.165, 1.54) is 0 Å². The first-order valence-electron chi connectivity index (χ1n) is 6.30. The Kier molecular flexibility index (Phi) is 1.86. The number of hydrogen-bond donors (Lipinski definition) is 2. The predicted octanol–water partition coefficient (Wildman–Crippen LogP) is 2.83. The van der Waals surface area contributed by atoms with Gasteiger partial charge in [-0.25, -0.2) is 0 Å². The zero-order chi connectivity index (χ0) is 13.0. The van der Waals surface area contributed by atoms with E-state index in [9.17, 15) is 9.90 Å². The summed E-state index contributed by atoms with van der Waals surface area (Å²) < 4.78 is 0. The Morgan fingerprint density at radius 3 is 2.74 bits per heavy atom. The number of benzene rings is 1. The van der Waals surface area contributed by atoms with Crippen molar-refractivity contribution in [1.29, 1.82) is 0 Å². The minimum atomic E-state index is -0.718. The topological polar surface area (TPSA) is 66.0 Å². The summed E-state index contributed by atoms with van der Waals surface area (Å²) in [4.78, 5) is 18.9. The van der Waals surface area contributed by atoms with Crippen molar-refractivity contribution in [2.75, 3.05) is 0 Å². The fourth-order valence-corrected chi connectivity index (χ4v) is 2.79. The summed E-state index contributed by atoms with van der Waals surface area (Å²) in [5, 5.41) is 11.5. The van der Waals surface area contributed by atoms with E-state index in [1.807, 2.05) is 30.5 Å². The van der Waals surface area contributed by atoms with Crippen LogP contribution in [0, 0.1) is 0 Å². The number of pyridine rings is 1. The Morgan fingerprint density at radius 1 is 1.21 bits per heavy atom. The lowest BCUT2D eigenvalue weighted by Gasteiger charge is -2.09. The lowest BCUT2D eigenvalue weighted by molar-refractivity contribution is -0.140. The van der Waals surface area contributed by atoms with Gasteiger partial charge in [0, 0.05) is 34.2 Å². The quantitative estimate of drug-likeness (QED) is 0.737. The van der Waals surface area contributed by atoms with Crippen LogP contribution >= 0.6 is 0 Å². The van der Waals surface area contributed by atoms with Crippen LogP contribution in [-0.2, 0) is 10.2 Å². The molecule has 0 aliphatic heterocycles. The highest BCUT2D eigenvalue weighted by Gasteiger charge is 2.51. The van der Waals surface area contributed by atoms with Gasteiger partial charge in [-0.15, -0.1) is 0 Å². The van der Waals surface area contributed by atoms with E-state index in [-0.39, 0.29) is 0 Å². The average Bonchev–Trinajstić information content (AvgIpc) is 3.15. The van der Waals surface area contributed by atoms with E-state index in [4.69, 9.17) is 0 Å². The van der Waals surface area contributed by atoms with E-state index in [1.54, 1.807) is 6.20 Å². The van der Waals surface area contributed by atoms with Gasteiger partial charge in [-0.1, -0.05) is 6.07 Å². The second kappa shape index (κ2) is 3.35. The lowest BCUT2D eigenvalue weighted by atomic mass is 9.95. The number of hydrogen-bond acceptors (Lipinski definition) is 2. The van der Waals surface area contributed by atoms with Crippen LogP contribution in [-0.4, -0.2) is 21.0 Å². The van der Waals surface area contributed by atoms with Crippen molar-refractivity contribution in [1.82, 2.24) is 9.97 Å². The van der Waals surface area contributed by atoms with Crippen LogP contribution < -0.4 is 0 Å². The number of nitrogens with zero attached hydrogens (tertiary/aromatic N) is 1. The third kappa shape index (κ3) is 1.34. The molecule has 94 valence electrons. The molecule has 3 aromatic rings. The van der Waals surface area contributed by atoms with Crippen LogP contribution in [0.2, 0.25) is 0 Å². The van der Waals surface area contributed by atoms with Crippen LogP contribution in [0.15, 0.2) is 36.7 Å². The molecule has 0 radical (unpaired) electrons. The van der Waals surface area contributed by atoms with Crippen LogP contribution in [0.25, 0.3) is 21.8 Å². The number of aromatic amines is 1. The third-order valence-corrected chi connectivity index (χ3v) is 4.11. The van der Waals surface area contributed by atoms with Gasteiger partial charge in [-0.3, -0.25) is 9.78 Å². The van der Waals surface area contributed by atoms with Crippen LogP contribution in [0.1, 0.15) is 18.4 Å². The minimum Gasteiger partial charge on any atom is -0.481 e. The van der Waals surface area contributed by atoms with Crippen molar-refractivity contribution < 1.29 is 9.90 Å². The third-order valence-electron chi connectivity index (χ3n) is 4.11. The van der Waals surface area contributed by atoms with Gasteiger partial charge in [0.15, 0.2) is 0 Å². The smallest absolute Gasteiger partial charge is 0.314 e. The molecule has 0 amide bonds. The number of carboxylic acids is 1. The number of H-pyrrole nitrogens is 1. The van der Waals surface area contributed by atoms with E-state index in [0.717, 1.165) is 40.2 Å². The van der Waals surface area contributed by atoms with Crippen LogP contribution in [0.3, 0.4) is 0 Å². The molecule has 0 unspecified atom stereocenters. The van der Waals surface area contributed by atoms with Gasteiger partial charge in [0.2, 0.25) is 0 Å². The monoisotopic (exact) mass is 252 g/mol. The molecule has 1 aliphatic rings. The number of aliphatic carboxylic acids is 1. The maximum atomic E-state index is 11.4. The molecule has 2 heterocycles. The van der Waals surface area contributed by atoms with Crippen molar-refractivity contribution >= 4 is 27.8 Å². The first-order chi connectivity index (χ1) is 9.21. The number of carboxylic acid groups (broad SMARTS) is 1. The zero-order valence-corrected chi connectivity index (χ0v) is 10.2. The molecular weight excluding hydrogens is 240 g/mol. The summed E-state index contributed by atoms with van der Waals surface area (Å²) in [6.45, 7) is 0. The van der Waals surface area contributed by atoms with E-state index >= 15 is 0 Å². The van der Waals surface area contributed by atoms with E-state index in [2.05, 4.69) is 9.97 Å². The summed E-state index contributed by atoms with van der Waals surface area (Å²) in [5.74, 6) is -0.718. The molecule has 0 bridgehead atoms. The number of rotatable bonds is 2. The molecule has 4 nitrogen and oxygen atoms in total. The molecule has 1 fully saturated rings. The number of nitrogens with one attached hydrogen (secondary N) is 1. The largest absolute Gasteiger partial charge is 0.481 e. The molecule has 4 rings (SSSR count). The second-order valence-corrected chi connectivity index (χ2v) is 5.19. The molecular formula is C15H12N2O2. The number of aromatic nitrogens is 2. The highest BCUT2D eigenvalue weighted by molar-refractivity contribution is 6.07. The normalized spacial score (nSPS) is 16.8. The van der Waals surface area contributed by atoms with Gasteiger partial charge in [-0.05, 0) is 36.6 Å². The van der Waals surface area contributed by atoms with Gasteiger partial charge in [-0.2, -0.15) is 0 Å². The van der Waals surface area contributed by atoms with Crippen molar-refractivity contribution in [3.05, 3.63) is 42.2 Å². The van der Waals surface area contributed by atoms with Gasteiger partial charge < -0.3 is 10.1 Å². The molecule has 0 spiro atoms. The first kappa shape index (κ1) is 10.6. The molecule has 1 saturated carbocycles. The number of carbonyl (C=O) groups is 1. The van der Waals surface area contributed by atoms with Gasteiger partial charge in [0.1, 0.15) is 0 Å². The standard InChI is InChI=1S/C15H12N2O2/c18-14(19)15(4-5-15)9-1-2-12-10(7-9)11-8-16-6-3-13(11)17-12/h1-3,6-8,17H,4-5H2,(H,18,19). The maximum Gasteiger partial charge on any atom is 0.314 e. The van der Waals surface area contributed by atoms with Gasteiger partial charge >= 0.3 is 5.97 Å². The molecule has 0 saturated heterocycles. The second-order valence-electron chi connectivity index (χ2n) is 5.19. The molecule has 4 heteroatoms. The van der Waals surface area contributed by atoms with Crippen molar-refractivity contribution in [2.24, 2.45) is 0 Å². The summed E-state index contributed by atoms with van der Waals surface area (Å²) in [6.07, 6.45) is 5.03. The predicted molar refractivity (Wildman–Crippen MR) is 72.1 cm³/mol. The average molecular weight is 252 g/mol. The summed E-state index contributed by atoms with van der Waals surface area (Å²) in [5.41, 5.74) is 2.30. The first-order valence-corrected chi connectivity index (χ1v) is 6.30. The molecule has 2 N–H and O–H groups in total. The van der Waals surface area contributed by atoms with E-state index < -0.39 is 11.4 Å². The molecule has 19 heavy (non-hydrogen) atoms. The lowest BCUT2D eigenvalue weighted by Crippen LogP contribution is -2.19. The fraction of sp³-hybridized carbons (Fsp3) is 0.200. The highest BCUT2D eigenvalue weighted by atomic mass is 16.4. The highest BCUT2D eigenvalue weighted by Crippen LogP contribution is 2.49. The van der Waals surface area contributed by atoms with Crippen LogP contribution in [0.5, 0.6) is 0 Å². The number of fused-ring (bicyclic) bond motifs is 3.